The first-order chi connectivity index (χ1) is 14.5. The summed E-state index contributed by atoms with van der Waals surface area (Å²) >= 11 is 0. The van der Waals surface area contributed by atoms with E-state index in [0.717, 1.165) is 58.7 Å². The fourth-order valence-electron chi connectivity index (χ4n) is 11.3. The van der Waals surface area contributed by atoms with Crippen molar-refractivity contribution in [2.24, 2.45) is 74.9 Å². The summed E-state index contributed by atoms with van der Waals surface area (Å²) in [6.07, 6.45) is 13.4. The first kappa shape index (κ1) is 22.8. The van der Waals surface area contributed by atoms with Gasteiger partial charge in [0.15, 0.2) is 0 Å². The van der Waals surface area contributed by atoms with Crippen molar-refractivity contribution >= 4 is 0 Å². The minimum absolute atomic E-state index is 0.433. The van der Waals surface area contributed by atoms with E-state index in [0.29, 0.717) is 16.2 Å². The molecule has 0 aromatic rings. The summed E-state index contributed by atoms with van der Waals surface area (Å²) in [7, 11) is 0. The van der Waals surface area contributed by atoms with Crippen molar-refractivity contribution in [3.8, 4) is 0 Å². The van der Waals surface area contributed by atoms with Gasteiger partial charge in [-0.15, -0.1) is 0 Å². The number of hydrogen-bond donors (Lipinski definition) is 0. The molecule has 0 aromatic heterocycles. The highest BCUT2D eigenvalue weighted by molar-refractivity contribution is 5.32. The van der Waals surface area contributed by atoms with Gasteiger partial charge in [0, 0.05) is 0 Å². The fraction of sp³-hybridized carbons (Fsp3) is 1.00. The molecule has 31 heavy (non-hydrogen) atoms. The second kappa shape index (κ2) is 7.01. The third-order valence-corrected chi connectivity index (χ3v) is 14.1. The van der Waals surface area contributed by atoms with Gasteiger partial charge in [-0.25, -0.2) is 0 Å². The Morgan fingerprint density at radius 3 is 2.23 bits per heavy atom. The third kappa shape index (κ3) is 2.66. The van der Waals surface area contributed by atoms with Crippen LogP contribution in [0, 0.1) is 74.9 Å². The lowest BCUT2D eigenvalue weighted by Gasteiger charge is -2.77. The summed E-state index contributed by atoms with van der Waals surface area (Å²) in [5.41, 5.74) is 2.40. The van der Waals surface area contributed by atoms with Crippen molar-refractivity contribution in [1.29, 1.82) is 0 Å². The number of unbranched alkanes of at least 4 members (excludes halogenated alkanes) is 3. The molecule has 5 rings (SSSR count). The van der Waals surface area contributed by atoms with Gasteiger partial charge in [-0.05, 0) is 101 Å². The summed E-state index contributed by atoms with van der Waals surface area (Å²) in [5.74, 6) is 8.85. The Kier molecular flexibility index (Phi) is 5.15. The van der Waals surface area contributed by atoms with Gasteiger partial charge in [-0.1, -0.05) is 94.4 Å². The van der Waals surface area contributed by atoms with E-state index in [-0.39, 0.29) is 0 Å². The zero-order chi connectivity index (χ0) is 22.6. The Labute approximate surface area is 195 Å². The van der Waals surface area contributed by atoms with Crippen LogP contribution in [0.25, 0.3) is 0 Å². The van der Waals surface area contributed by atoms with Gasteiger partial charge in [-0.2, -0.15) is 0 Å². The lowest BCUT2D eigenvalue weighted by molar-refractivity contribution is -0.296. The van der Waals surface area contributed by atoms with Crippen LogP contribution in [0.4, 0.5) is 0 Å². The van der Waals surface area contributed by atoms with E-state index >= 15 is 0 Å². The smallest absolute Gasteiger partial charge is 0.0181 e. The largest absolute Gasteiger partial charge is 0.0654 e. The molecule has 0 radical (unpaired) electrons. The van der Waals surface area contributed by atoms with Crippen LogP contribution in [0.5, 0.6) is 0 Å². The topological polar surface area (TPSA) is 0 Å². The Balaban J connectivity index is 1.43. The molecule has 2 spiro atoms. The van der Waals surface area contributed by atoms with Gasteiger partial charge < -0.3 is 0 Å². The summed E-state index contributed by atoms with van der Waals surface area (Å²) < 4.78 is 0. The van der Waals surface area contributed by atoms with Gasteiger partial charge >= 0.3 is 0 Å². The van der Waals surface area contributed by atoms with Crippen LogP contribution < -0.4 is 0 Å². The van der Waals surface area contributed by atoms with Crippen molar-refractivity contribution in [2.75, 3.05) is 0 Å². The highest BCUT2D eigenvalue weighted by atomic mass is 14.9. The SMILES string of the molecule is CCCCCCC(C)C(C)C(C)(C)C1(C)C2CC3(CC14CC4C)C1CC1C(C)C(C)C23. The van der Waals surface area contributed by atoms with E-state index in [2.05, 4.69) is 62.3 Å². The number of hydrogen-bond acceptors (Lipinski definition) is 0. The van der Waals surface area contributed by atoms with Gasteiger partial charge in [0.25, 0.3) is 0 Å². The monoisotopic (exact) mass is 426 g/mol. The standard InChI is InChI=1S/C31H54/c1-10-11-12-13-14-19(2)23(6)28(7,8)29(9)26-17-30(18-31(29)16-20(31)3)25-15-24(25)21(4)22(5)27(26)30/h19-27H,10-18H2,1-9H3. The molecule has 2 bridgehead atoms. The maximum Gasteiger partial charge on any atom is -0.0181 e. The van der Waals surface area contributed by atoms with Gasteiger partial charge in [-0.3, -0.25) is 0 Å². The van der Waals surface area contributed by atoms with E-state index < -0.39 is 0 Å². The molecule has 0 nitrogen and oxygen atoms in total. The van der Waals surface area contributed by atoms with Crippen molar-refractivity contribution in [3.05, 3.63) is 0 Å². The molecule has 0 amide bonds. The maximum absolute atomic E-state index is 2.83. The quantitative estimate of drug-likeness (QED) is 0.339. The summed E-state index contributed by atoms with van der Waals surface area (Å²) in [6, 6.07) is 0. The Bertz CT molecular complexity index is 705. The molecule has 5 aliphatic rings. The summed E-state index contributed by atoms with van der Waals surface area (Å²) in [5, 5.41) is 0. The first-order valence-corrected chi connectivity index (χ1v) is 14.5. The molecule has 12 unspecified atom stereocenters. The highest BCUT2D eigenvalue weighted by Gasteiger charge is 2.84. The predicted octanol–water partition coefficient (Wildman–Crippen LogP) is 9.24. The van der Waals surface area contributed by atoms with Crippen LogP contribution in [-0.4, -0.2) is 0 Å². The molecule has 12 atom stereocenters. The molecule has 178 valence electrons. The molecular weight excluding hydrogens is 372 g/mol. The van der Waals surface area contributed by atoms with Crippen LogP contribution in [0.2, 0.25) is 0 Å². The average molecular weight is 427 g/mol. The number of fused-ring (bicyclic) bond motifs is 3. The lowest BCUT2D eigenvalue weighted by atomic mass is 9.27. The highest BCUT2D eigenvalue weighted by Crippen LogP contribution is 2.91. The fourth-order valence-corrected chi connectivity index (χ4v) is 11.3. The van der Waals surface area contributed by atoms with Gasteiger partial charge in [0.05, 0.1) is 0 Å². The summed E-state index contributed by atoms with van der Waals surface area (Å²) in [6.45, 7) is 23.8. The zero-order valence-corrected chi connectivity index (χ0v) is 22.6. The minimum Gasteiger partial charge on any atom is -0.0654 e. The second-order valence-electron chi connectivity index (χ2n) is 14.8. The van der Waals surface area contributed by atoms with Crippen LogP contribution in [-0.2, 0) is 0 Å². The summed E-state index contributed by atoms with van der Waals surface area (Å²) in [4.78, 5) is 0. The van der Waals surface area contributed by atoms with Gasteiger partial charge in [0.1, 0.15) is 0 Å². The van der Waals surface area contributed by atoms with Crippen molar-refractivity contribution < 1.29 is 0 Å². The number of rotatable bonds is 8. The molecule has 0 heterocycles. The van der Waals surface area contributed by atoms with E-state index in [4.69, 9.17) is 0 Å². The lowest BCUT2D eigenvalue weighted by Crippen LogP contribution is -2.72. The van der Waals surface area contributed by atoms with Crippen molar-refractivity contribution in [1.82, 2.24) is 0 Å². The molecule has 5 saturated carbocycles. The molecule has 0 heteroatoms. The zero-order valence-electron chi connectivity index (χ0n) is 22.6. The van der Waals surface area contributed by atoms with Crippen molar-refractivity contribution in [3.63, 3.8) is 0 Å². The predicted molar refractivity (Wildman–Crippen MR) is 134 cm³/mol. The van der Waals surface area contributed by atoms with Crippen LogP contribution in [0.1, 0.15) is 120 Å². The molecule has 0 aromatic carbocycles. The van der Waals surface area contributed by atoms with Crippen molar-refractivity contribution in [2.45, 2.75) is 120 Å². The average Bonchev–Trinajstić information content (AvgIpc) is 3.61. The third-order valence-electron chi connectivity index (χ3n) is 14.1. The van der Waals surface area contributed by atoms with E-state index in [1.165, 1.54) is 38.5 Å². The molecule has 5 aliphatic carbocycles. The molecular formula is C31H54. The molecule has 0 saturated heterocycles. The van der Waals surface area contributed by atoms with Crippen LogP contribution >= 0.6 is 0 Å². The van der Waals surface area contributed by atoms with E-state index in [9.17, 15) is 0 Å². The normalized spacial score (nSPS) is 53.9. The Hall–Kier alpha value is 0. The minimum atomic E-state index is 0.433. The maximum atomic E-state index is 2.83. The first-order valence-electron chi connectivity index (χ1n) is 14.5. The molecule has 0 aliphatic heterocycles. The second-order valence-corrected chi connectivity index (χ2v) is 14.8. The van der Waals surface area contributed by atoms with E-state index in [1.807, 2.05) is 0 Å². The Morgan fingerprint density at radius 2 is 1.61 bits per heavy atom. The van der Waals surface area contributed by atoms with Crippen LogP contribution in [0.15, 0.2) is 0 Å². The molecule has 5 fully saturated rings. The molecule has 0 N–H and O–H groups in total. The van der Waals surface area contributed by atoms with E-state index in [1.54, 1.807) is 19.3 Å². The Morgan fingerprint density at radius 1 is 0.935 bits per heavy atom. The van der Waals surface area contributed by atoms with Gasteiger partial charge in [0.2, 0.25) is 0 Å². The van der Waals surface area contributed by atoms with Crippen LogP contribution in [0.3, 0.4) is 0 Å².